The van der Waals surface area contributed by atoms with Crippen LogP contribution in [0.15, 0.2) is 78.0 Å². The number of carbonyl (C=O) groups is 1. The molecule has 29 heavy (non-hydrogen) atoms. The van der Waals surface area contributed by atoms with Gasteiger partial charge in [-0.15, -0.1) is 0 Å². The summed E-state index contributed by atoms with van der Waals surface area (Å²) in [7, 11) is -3.82. The van der Waals surface area contributed by atoms with E-state index in [-0.39, 0.29) is 11.3 Å². The third-order valence-corrected chi connectivity index (χ3v) is 6.05. The van der Waals surface area contributed by atoms with Crippen molar-refractivity contribution in [2.75, 3.05) is 0 Å². The van der Waals surface area contributed by atoms with Crippen molar-refractivity contribution in [3.63, 3.8) is 0 Å². The highest BCUT2D eigenvalue weighted by Gasteiger charge is 2.23. The van der Waals surface area contributed by atoms with E-state index in [2.05, 4.69) is 9.71 Å². The van der Waals surface area contributed by atoms with Crippen LogP contribution in [0.3, 0.4) is 0 Å². The molecule has 0 spiro atoms. The average molecular weight is 431 g/mol. The van der Waals surface area contributed by atoms with E-state index in [1.807, 2.05) is 0 Å². The number of nitrogens with one attached hydrogen (secondary N) is 1. The maximum absolute atomic E-state index is 12.9. The normalized spacial score (nSPS) is 12.4. The first-order chi connectivity index (χ1) is 13.8. The van der Waals surface area contributed by atoms with Crippen LogP contribution in [0, 0.1) is 0 Å². The first kappa shape index (κ1) is 21.0. The Bertz CT molecular complexity index is 1070. The molecule has 150 valence electrons. The smallest absolute Gasteiger partial charge is 0.303 e. The molecular weight excluding hydrogens is 412 g/mol. The Labute approximate surface area is 174 Å². The standard InChI is InChI=1S/C21H19ClN2O4S/c22-18-8-10-19(11-9-18)29(27,28)24-21(17-2-1-13-23-14-17)16-6-3-15(4-7-16)5-12-20(25)26/h1-4,6-11,13-14,21,24H,5,12H2,(H,25,26). The van der Waals surface area contributed by atoms with Crippen LogP contribution in [-0.4, -0.2) is 24.5 Å². The zero-order chi connectivity index (χ0) is 20.9. The molecule has 0 bridgehead atoms. The van der Waals surface area contributed by atoms with Gasteiger partial charge in [0.25, 0.3) is 0 Å². The van der Waals surface area contributed by atoms with Crippen molar-refractivity contribution >= 4 is 27.6 Å². The third kappa shape index (κ3) is 5.63. The Hall–Kier alpha value is -2.74. The zero-order valence-electron chi connectivity index (χ0n) is 15.3. The summed E-state index contributed by atoms with van der Waals surface area (Å²) in [5.74, 6) is -0.863. The van der Waals surface area contributed by atoms with E-state index in [9.17, 15) is 13.2 Å². The topological polar surface area (TPSA) is 96.4 Å². The van der Waals surface area contributed by atoms with Gasteiger partial charge in [0.2, 0.25) is 10.0 Å². The second-order valence-corrected chi connectivity index (χ2v) is 8.58. The van der Waals surface area contributed by atoms with Gasteiger partial charge in [0.05, 0.1) is 10.9 Å². The Kier molecular flexibility index (Phi) is 6.64. The van der Waals surface area contributed by atoms with E-state index in [0.717, 1.165) is 11.1 Å². The number of hydrogen-bond donors (Lipinski definition) is 2. The largest absolute Gasteiger partial charge is 0.481 e. The SMILES string of the molecule is O=C(O)CCc1ccc(C(NS(=O)(=O)c2ccc(Cl)cc2)c2cccnc2)cc1. The number of sulfonamides is 1. The van der Waals surface area contributed by atoms with Gasteiger partial charge in [-0.2, -0.15) is 4.72 Å². The molecule has 3 aromatic rings. The van der Waals surface area contributed by atoms with Crippen LogP contribution in [0.25, 0.3) is 0 Å². The molecule has 2 aromatic carbocycles. The summed E-state index contributed by atoms with van der Waals surface area (Å²) in [5.41, 5.74) is 2.26. The van der Waals surface area contributed by atoms with Gasteiger partial charge in [-0.05, 0) is 53.4 Å². The number of halogens is 1. The number of carboxylic acid groups (broad SMARTS) is 1. The molecular formula is C21H19ClN2O4S. The minimum atomic E-state index is -3.82. The molecule has 0 aliphatic heterocycles. The molecule has 0 aliphatic carbocycles. The van der Waals surface area contributed by atoms with Crippen molar-refractivity contribution in [1.82, 2.24) is 9.71 Å². The molecule has 0 saturated carbocycles. The third-order valence-electron chi connectivity index (χ3n) is 4.36. The molecule has 1 unspecified atom stereocenters. The summed E-state index contributed by atoms with van der Waals surface area (Å²) in [5, 5.41) is 9.28. The Balaban J connectivity index is 1.91. The van der Waals surface area contributed by atoms with Crippen molar-refractivity contribution in [3.05, 3.63) is 94.8 Å². The van der Waals surface area contributed by atoms with Gasteiger partial charge in [-0.25, -0.2) is 8.42 Å². The van der Waals surface area contributed by atoms with Gasteiger partial charge < -0.3 is 5.11 Å². The van der Waals surface area contributed by atoms with Crippen molar-refractivity contribution in [3.8, 4) is 0 Å². The molecule has 0 fully saturated rings. The Morgan fingerprint density at radius 1 is 1.03 bits per heavy atom. The average Bonchev–Trinajstić information content (AvgIpc) is 2.72. The zero-order valence-corrected chi connectivity index (χ0v) is 16.9. The fraction of sp³-hybridized carbons (Fsp3) is 0.143. The molecule has 1 heterocycles. The van der Waals surface area contributed by atoms with E-state index >= 15 is 0 Å². The molecule has 6 nitrogen and oxygen atoms in total. The molecule has 0 saturated heterocycles. The Morgan fingerprint density at radius 2 is 1.72 bits per heavy atom. The van der Waals surface area contributed by atoms with Crippen molar-refractivity contribution < 1.29 is 18.3 Å². The number of aromatic nitrogens is 1. The molecule has 2 N–H and O–H groups in total. The number of hydrogen-bond acceptors (Lipinski definition) is 4. The maximum Gasteiger partial charge on any atom is 0.303 e. The number of nitrogens with zero attached hydrogens (tertiary/aromatic N) is 1. The summed E-state index contributed by atoms with van der Waals surface area (Å²) in [6, 6.07) is 16.0. The van der Waals surface area contributed by atoms with Gasteiger partial charge in [-0.1, -0.05) is 41.9 Å². The van der Waals surface area contributed by atoms with E-state index in [4.69, 9.17) is 16.7 Å². The number of benzene rings is 2. The first-order valence-electron chi connectivity index (χ1n) is 8.83. The maximum atomic E-state index is 12.9. The van der Waals surface area contributed by atoms with Crippen molar-refractivity contribution in [2.24, 2.45) is 0 Å². The first-order valence-corrected chi connectivity index (χ1v) is 10.7. The van der Waals surface area contributed by atoms with Crippen LogP contribution in [0.2, 0.25) is 5.02 Å². The van der Waals surface area contributed by atoms with Crippen molar-refractivity contribution in [2.45, 2.75) is 23.8 Å². The second kappa shape index (κ2) is 9.17. The second-order valence-electron chi connectivity index (χ2n) is 6.43. The van der Waals surface area contributed by atoms with E-state index in [1.165, 1.54) is 24.3 Å². The minimum absolute atomic E-state index is 0.0363. The molecule has 1 aromatic heterocycles. The van der Waals surface area contributed by atoms with Crippen LogP contribution in [0.5, 0.6) is 0 Å². The highest BCUT2D eigenvalue weighted by Crippen LogP contribution is 2.25. The molecule has 8 heteroatoms. The quantitative estimate of drug-likeness (QED) is 0.566. The van der Waals surface area contributed by atoms with E-state index in [0.29, 0.717) is 17.0 Å². The highest BCUT2D eigenvalue weighted by atomic mass is 35.5. The number of rotatable bonds is 8. The number of carboxylic acids is 1. The summed E-state index contributed by atoms with van der Waals surface area (Å²) in [6.45, 7) is 0. The molecule has 0 amide bonds. The minimum Gasteiger partial charge on any atom is -0.481 e. The number of aryl methyl sites for hydroxylation is 1. The van der Waals surface area contributed by atoms with Gasteiger partial charge in [0, 0.05) is 23.8 Å². The summed E-state index contributed by atoms with van der Waals surface area (Å²) >= 11 is 5.86. The van der Waals surface area contributed by atoms with E-state index < -0.39 is 22.0 Å². The molecule has 1 atom stereocenters. The lowest BCUT2D eigenvalue weighted by Crippen LogP contribution is -2.29. The summed E-state index contributed by atoms with van der Waals surface area (Å²) in [4.78, 5) is 15.0. The predicted octanol–water partition coefficient (Wildman–Crippen LogP) is 3.82. The van der Waals surface area contributed by atoms with Crippen LogP contribution in [0.4, 0.5) is 0 Å². The summed E-state index contributed by atoms with van der Waals surface area (Å²) < 4.78 is 28.5. The van der Waals surface area contributed by atoms with Gasteiger partial charge >= 0.3 is 5.97 Å². The molecule has 3 rings (SSSR count). The fourth-order valence-corrected chi connectivity index (χ4v) is 4.18. The number of pyridine rings is 1. The van der Waals surface area contributed by atoms with E-state index in [1.54, 1.807) is 48.8 Å². The van der Waals surface area contributed by atoms with Gasteiger partial charge in [0.1, 0.15) is 0 Å². The lowest BCUT2D eigenvalue weighted by Gasteiger charge is -2.20. The highest BCUT2D eigenvalue weighted by molar-refractivity contribution is 7.89. The fourth-order valence-electron chi connectivity index (χ4n) is 2.84. The number of aliphatic carboxylic acids is 1. The van der Waals surface area contributed by atoms with Crippen LogP contribution in [-0.2, 0) is 21.2 Å². The Morgan fingerprint density at radius 3 is 2.31 bits per heavy atom. The van der Waals surface area contributed by atoms with Gasteiger partial charge in [0.15, 0.2) is 0 Å². The summed E-state index contributed by atoms with van der Waals surface area (Å²) in [6.07, 6.45) is 3.66. The monoisotopic (exact) mass is 430 g/mol. The molecule has 0 radical (unpaired) electrons. The van der Waals surface area contributed by atoms with Crippen molar-refractivity contribution in [1.29, 1.82) is 0 Å². The van der Waals surface area contributed by atoms with Crippen LogP contribution >= 0.6 is 11.6 Å². The molecule has 0 aliphatic rings. The van der Waals surface area contributed by atoms with Gasteiger partial charge in [-0.3, -0.25) is 9.78 Å². The van der Waals surface area contributed by atoms with Crippen LogP contribution in [0.1, 0.15) is 29.2 Å². The lowest BCUT2D eigenvalue weighted by atomic mass is 9.99. The lowest BCUT2D eigenvalue weighted by molar-refractivity contribution is -0.136. The predicted molar refractivity (Wildman–Crippen MR) is 110 cm³/mol. The van der Waals surface area contributed by atoms with Crippen LogP contribution < -0.4 is 4.72 Å².